The summed E-state index contributed by atoms with van der Waals surface area (Å²) in [7, 11) is 1.36. The van der Waals surface area contributed by atoms with Crippen LogP contribution in [-0.2, 0) is 6.54 Å². The van der Waals surface area contributed by atoms with Gasteiger partial charge in [0.1, 0.15) is 0 Å². The summed E-state index contributed by atoms with van der Waals surface area (Å²) in [4.78, 5) is 0. The van der Waals surface area contributed by atoms with Gasteiger partial charge in [-0.05, 0) is 44.5 Å². The quantitative estimate of drug-likeness (QED) is 0.235. The second-order valence-corrected chi connectivity index (χ2v) is 9.01. The van der Waals surface area contributed by atoms with Crippen molar-refractivity contribution in [3.63, 3.8) is 0 Å². The van der Waals surface area contributed by atoms with Gasteiger partial charge in [0.25, 0.3) is 0 Å². The van der Waals surface area contributed by atoms with Crippen molar-refractivity contribution in [3.8, 4) is 0 Å². The van der Waals surface area contributed by atoms with Crippen LogP contribution < -0.4 is 10.6 Å². The molecule has 0 amide bonds. The van der Waals surface area contributed by atoms with Crippen LogP contribution in [0.5, 0.6) is 0 Å². The summed E-state index contributed by atoms with van der Waals surface area (Å²) in [6, 6.07) is 12.1. The summed E-state index contributed by atoms with van der Waals surface area (Å²) in [5, 5.41) is 7.11. The van der Waals surface area contributed by atoms with E-state index in [1.54, 1.807) is 0 Å². The molecule has 156 valence electrons. The van der Waals surface area contributed by atoms with Crippen molar-refractivity contribution in [2.24, 2.45) is 0 Å². The van der Waals surface area contributed by atoms with E-state index in [1.165, 1.54) is 118 Å². The van der Waals surface area contributed by atoms with Crippen molar-refractivity contribution < 1.29 is 0 Å². The van der Waals surface area contributed by atoms with Crippen molar-refractivity contribution in [2.45, 2.75) is 96.1 Å². The maximum atomic E-state index is 3.56. The molecule has 0 aliphatic rings. The zero-order valence-electron chi connectivity index (χ0n) is 18.1. The van der Waals surface area contributed by atoms with Gasteiger partial charge in [0.05, 0.1) is 0 Å². The van der Waals surface area contributed by atoms with E-state index < -0.39 is 0 Å². The van der Waals surface area contributed by atoms with Crippen LogP contribution in [0, 0.1) is 0 Å². The standard InChI is InChI=1S/C24H46N2Si/c27-22-16-21-25-19-14-9-7-5-3-1-2-4-6-8-10-15-20-26-23-24-17-12-11-13-18-24/h11-13,17-18,25-26H,1-10,14-16,19-23H2,27H3. The first-order valence-corrected chi connectivity index (χ1v) is 13.3. The fraction of sp³-hybridized carbons (Fsp3) is 0.750. The lowest BCUT2D eigenvalue weighted by Gasteiger charge is -2.05. The summed E-state index contributed by atoms with van der Waals surface area (Å²) < 4.78 is 0. The Morgan fingerprint density at radius 2 is 0.963 bits per heavy atom. The molecule has 0 aliphatic heterocycles. The van der Waals surface area contributed by atoms with E-state index in [4.69, 9.17) is 0 Å². The van der Waals surface area contributed by atoms with Crippen molar-refractivity contribution >= 4 is 10.2 Å². The van der Waals surface area contributed by atoms with Crippen LogP contribution in [0.3, 0.4) is 0 Å². The van der Waals surface area contributed by atoms with Gasteiger partial charge in [-0.15, -0.1) is 0 Å². The molecule has 0 atom stereocenters. The Morgan fingerprint density at radius 3 is 1.48 bits per heavy atom. The van der Waals surface area contributed by atoms with Gasteiger partial charge in [-0.2, -0.15) is 0 Å². The van der Waals surface area contributed by atoms with E-state index in [0.717, 1.165) is 13.1 Å². The molecule has 0 bridgehead atoms. The molecule has 27 heavy (non-hydrogen) atoms. The van der Waals surface area contributed by atoms with Crippen LogP contribution in [0.1, 0.15) is 89.0 Å². The Balaban J connectivity index is 1.67. The number of unbranched alkanes of at least 4 members (excludes halogenated alkanes) is 11. The SMILES string of the molecule is [SiH3]CCCNCCCCCCCCCCCCCCNCc1ccccc1. The molecule has 0 saturated heterocycles. The van der Waals surface area contributed by atoms with Crippen LogP contribution >= 0.6 is 0 Å². The predicted octanol–water partition coefficient (Wildman–Crippen LogP) is 5.22. The minimum atomic E-state index is 1.01. The zero-order valence-corrected chi connectivity index (χ0v) is 20.1. The first kappa shape index (κ1) is 24.4. The first-order chi connectivity index (χ1) is 13.4. The number of hydrogen-bond donors (Lipinski definition) is 2. The van der Waals surface area contributed by atoms with Crippen LogP contribution in [-0.4, -0.2) is 29.9 Å². The van der Waals surface area contributed by atoms with Crippen molar-refractivity contribution in [2.75, 3.05) is 19.6 Å². The molecular formula is C24H46N2Si. The maximum absolute atomic E-state index is 3.56. The van der Waals surface area contributed by atoms with E-state index in [9.17, 15) is 0 Å². The lowest BCUT2D eigenvalue weighted by Crippen LogP contribution is -2.16. The minimum absolute atomic E-state index is 1.01. The summed E-state index contributed by atoms with van der Waals surface area (Å²) in [6.07, 6.45) is 18.4. The Bertz CT molecular complexity index is 397. The Labute approximate surface area is 172 Å². The van der Waals surface area contributed by atoms with Gasteiger partial charge in [-0.25, -0.2) is 0 Å². The molecule has 0 unspecified atom stereocenters. The van der Waals surface area contributed by atoms with Crippen LogP contribution in [0.4, 0.5) is 0 Å². The van der Waals surface area contributed by atoms with E-state index >= 15 is 0 Å². The molecular weight excluding hydrogens is 344 g/mol. The molecule has 0 heterocycles. The average Bonchev–Trinajstić information content (AvgIpc) is 2.70. The highest BCUT2D eigenvalue weighted by Crippen LogP contribution is 2.11. The molecule has 0 aromatic heterocycles. The fourth-order valence-corrected chi connectivity index (χ4v) is 3.88. The highest BCUT2D eigenvalue weighted by Gasteiger charge is 1.95. The van der Waals surface area contributed by atoms with Gasteiger partial charge >= 0.3 is 0 Å². The van der Waals surface area contributed by atoms with E-state index in [0.29, 0.717) is 0 Å². The average molecular weight is 391 g/mol. The Morgan fingerprint density at radius 1 is 0.519 bits per heavy atom. The third kappa shape index (κ3) is 17.2. The van der Waals surface area contributed by atoms with Gasteiger partial charge in [-0.1, -0.05) is 101 Å². The smallest absolute Gasteiger partial charge is 0.0205 e. The number of nitrogens with one attached hydrogen (secondary N) is 2. The topological polar surface area (TPSA) is 24.1 Å². The highest BCUT2D eigenvalue weighted by atomic mass is 28.1. The fourth-order valence-electron chi connectivity index (χ4n) is 3.52. The third-order valence-electron chi connectivity index (χ3n) is 5.34. The number of benzene rings is 1. The molecule has 0 fully saturated rings. The molecule has 0 radical (unpaired) electrons. The molecule has 0 spiro atoms. The van der Waals surface area contributed by atoms with Crippen molar-refractivity contribution in [3.05, 3.63) is 35.9 Å². The number of hydrogen-bond acceptors (Lipinski definition) is 2. The van der Waals surface area contributed by atoms with Gasteiger partial charge < -0.3 is 10.6 Å². The van der Waals surface area contributed by atoms with Gasteiger partial charge in [-0.3, -0.25) is 0 Å². The zero-order chi connectivity index (χ0) is 19.3. The first-order valence-electron chi connectivity index (χ1n) is 11.9. The molecule has 2 N–H and O–H groups in total. The van der Waals surface area contributed by atoms with E-state index in [1.807, 2.05) is 0 Å². The predicted molar refractivity (Wildman–Crippen MR) is 126 cm³/mol. The summed E-state index contributed by atoms with van der Waals surface area (Å²) in [5.74, 6) is 0. The van der Waals surface area contributed by atoms with Crippen LogP contribution in [0.2, 0.25) is 6.04 Å². The summed E-state index contributed by atoms with van der Waals surface area (Å²) in [6.45, 7) is 4.65. The summed E-state index contributed by atoms with van der Waals surface area (Å²) >= 11 is 0. The second-order valence-electron chi connectivity index (χ2n) is 8.01. The maximum Gasteiger partial charge on any atom is 0.0205 e. The lowest BCUT2D eigenvalue weighted by atomic mass is 10.1. The summed E-state index contributed by atoms with van der Waals surface area (Å²) in [5.41, 5.74) is 1.39. The second kappa shape index (κ2) is 20.1. The Hall–Kier alpha value is -0.643. The number of rotatable bonds is 20. The van der Waals surface area contributed by atoms with Crippen LogP contribution in [0.25, 0.3) is 0 Å². The van der Waals surface area contributed by atoms with E-state index in [-0.39, 0.29) is 0 Å². The van der Waals surface area contributed by atoms with Gasteiger partial charge in [0.15, 0.2) is 0 Å². The largest absolute Gasteiger partial charge is 0.317 e. The molecule has 3 heteroatoms. The molecule has 2 nitrogen and oxygen atoms in total. The molecule has 1 aromatic carbocycles. The molecule has 1 aromatic rings. The minimum Gasteiger partial charge on any atom is -0.317 e. The van der Waals surface area contributed by atoms with Crippen LogP contribution in [0.15, 0.2) is 30.3 Å². The molecule has 0 aliphatic carbocycles. The lowest BCUT2D eigenvalue weighted by molar-refractivity contribution is 0.528. The highest BCUT2D eigenvalue weighted by molar-refractivity contribution is 6.08. The van der Waals surface area contributed by atoms with Gasteiger partial charge in [0.2, 0.25) is 0 Å². The Kier molecular flexibility index (Phi) is 18.2. The normalized spacial score (nSPS) is 11.3. The van der Waals surface area contributed by atoms with Crippen molar-refractivity contribution in [1.29, 1.82) is 0 Å². The van der Waals surface area contributed by atoms with E-state index in [2.05, 4.69) is 41.0 Å². The molecule has 1 rings (SSSR count). The molecule has 0 saturated carbocycles. The van der Waals surface area contributed by atoms with Gasteiger partial charge in [0, 0.05) is 16.8 Å². The third-order valence-corrected chi connectivity index (χ3v) is 6.04. The van der Waals surface area contributed by atoms with Crippen molar-refractivity contribution in [1.82, 2.24) is 10.6 Å². The monoisotopic (exact) mass is 390 g/mol.